The monoisotopic (exact) mass is 280 g/mol. The van der Waals surface area contributed by atoms with Crippen LogP contribution in [-0.4, -0.2) is 7.11 Å². The average molecular weight is 280 g/mol. The summed E-state index contributed by atoms with van der Waals surface area (Å²) in [6.07, 6.45) is 2.28. The van der Waals surface area contributed by atoms with Gasteiger partial charge in [0.2, 0.25) is 0 Å². The summed E-state index contributed by atoms with van der Waals surface area (Å²) in [6, 6.07) is 16.3. The number of nitrogens with zero attached hydrogens (tertiary/aromatic N) is 1. The highest BCUT2D eigenvalue weighted by Gasteiger charge is 2.03. The minimum absolute atomic E-state index is 0.560. The maximum absolute atomic E-state index is 8.97. The molecule has 0 bridgehead atoms. The number of anilines is 1. The largest absolute Gasteiger partial charge is 0.495 e. The maximum atomic E-state index is 8.97. The van der Waals surface area contributed by atoms with Gasteiger partial charge in [0.15, 0.2) is 0 Å². The molecule has 2 aromatic carbocycles. The molecule has 0 aromatic heterocycles. The van der Waals surface area contributed by atoms with E-state index in [0.29, 0.717) is 17.9 Å². The molecule has 0 fully saturated rings. The van der Waals surface area contributed by atoms with Crippen LogP contribution in [0.4, 0.5) is 5.69 Å². The summed E-state index contributed by atoms with van der Waals surface area (Å²) in [5.41, 5.74) is 4.11. The van der Waals surface area contributed by atoms with Crippen molar-refractivity contribution in [3.63, 3.8) is 0 Å². The van der Waals surface area contributed by atoms with E-state index in [1.165, 1.54) is 5.56 Å². The number of rotatable bonds is 6. The van der Waals surface area contributed by atoms with Crippen molar-refractivity contribution in [2.24, 2.45) is 0 Å². The zero-order valence-corrected chi connectivity index (χ0v) is 12.5. The van der Waals surface area contributed by atoms with Crippen LogP contribution in [0.25, 0.3) is 0 Å². The lowest BCUT2D eigenvalue weighted by Crippen LogP contribution is -2.00. The predicted octanol–water partition coefficient (Wildman–Crippen LogP) is 4.13. The molecule has 2 rings (SSSR count). The van der Waals surface area contributed by atoms with Crippen LogP contribution in [0.5, 0.6) is 5.75 Å². The SMILES string of the molecule is CCCc1ccc(NCc2ccc(C#N)c(OC)c2)cc1. The Balaban J connectivity index is 2.01. The number of nitrogens with one attached hydrogen (secondary N) is 1. The molecular formula is C18H20N2O. The Morgan fingerprint density at radius 2 is 1.81 bits per heavy atom. The summed E-state index contributed by atoms with van der Waals surface area (Å²) in [5, 5.41) is 12.4. The zero-order valence-electron chi connectivity index (χ0n) is 12.5. The molecule has 0 heterocycles. The van der Waals surface area contributed by atoms with Gasteiger partial charge in [-0.3, -0.25) is 0 Å². The lowest BCUT2D eigenvalue weighted by atomic mass is 10.1. The molecule has 1 N–H and O–H groups in total. The second-order valence-corrected chi connectivity index (χ2v) is 4.95. The van der Waals surface area contributed by atoms with Crippen LogP contribution in [0.1, 0.15) is 30.0 Å². The van der Waals surface area contributed by atoms with E-state index >= 15 is 0 Å². The van der Waals surface area contributed by atoms with E-state index < -0.39 is 0 Å². The first kappa shape index (κ1) is 14.9. The molecule has 0 amide bonds. The van der Waals surface area contributed by atoms with Crippen LogP contribution < -0.4 is 10.1 Å². The van der Waals surface area contributed by atoms with Gasteiger partial charge in [-0.15, -0.1) is 0 Å². The Labute approximate surface area is 126 Å². The number of hydrogen-bond donors (Lipinski definition) is 1. The average Bonchev–Trinajstić information content (AvgIpc) is 2.54. The van der Waals surface area contributed by atoms with Crippen LogP contribution in [-0.2, 0) is 13.0 Å². The second kappa shape index (κ2) is 7.35. The molecule has 0 unspecified atom stereocenters. The number of methoxy groups -OCH3 is 1. The van der Waals surface area contributed by atoms with E-state index in [1.807, 2.05) is 12.1 Å². The zero-order chi connectivity index (χ0) is 15.1. The maximum Gasteiger partial charge on any atom is 0.136 e. The van der Waals surface area contributed by atoms with Gasteiger partial charge in [-0.05, 0) is 41.8 Å². The summed E-state index contributed by atoms with van der Waals surface area (Å²) < 4.78 is 5.22. The molecule has 21 heavy (non-hydrogen) atoms. The van der Waals surface area contributed by atoms with Crippen LogP contribution in [0.2, 0.25) is 0 Å². The molecule has 0 spiro atoms. The van der Waals surface area contributed by atoms with Crippen molar-refractivity contribution < 1.29 is 4.74 Å². The minimum atomic E-state index is 0.560. The third-order valence-electron chi connectivity index (χ3n) is 3.38. The van der Waals surface area contributed by atoms with Gasteiger partial charge in [-0.1, -0.05) is 31.5 Å². The van der Waals surface area contributed by atoms with Crippen molar-refractivity contribution in [3.8, 4) is 11.8 Å². The van der Waals surface area contributed by atoms with Gasteiger partial charge in [0, 0.05) is 12.2 Å². The molecule has 0 saturated heterocycles. The molecule has 0 aliphatic heterocycles. The van der Waals surface area contributed by atoms with Gasteiger partial charge >= 0.3 is 0 Å². The number of hydrogen-bond acceptors (Lipinski definition) is 3. The fourth-order valence-corrected chi connectivity index (χ4v) is 2.22. The standard InChI is InChI=1S/C18H20N2O/c1-3-4-14-6-9-17(10-7-14)20-13-15-5-8-16(12-19)18(11-15)21-2/h5-11,20H,3-4,13H2,1-2H3. The third-order valence-corrected chi connectivity index (χ3v) is 3.38. The molecule has 3 nitrogen and oxygen atoms in total. The molecule has 2 aromatic rings. The van der Waals surface area contributed by atoms with Gasteiger partial charge in [0.25, 0.3) is 0 Å². The molecule has 3 heteroatoms. The molecule has 0 saturated carbocycles. The Morgan fingerprint density at radius 1 is 1.10 bits per heavy atom. The van der Waals surface area contributed by atoms with Gasteiger partial charge in [0.1, 0.15) is 11.8 Å². The van der Waals surface area contributed by atoms with Gasteiger partial charge < -0.3 is 10.1 Å². The summed E-state index contributed by atoms with van der Waals surface area (Å²) in [6.45, 7) is 2.89. The molecule has 0 aliphatic rings. The van der Waals surface area contributed by atoms with Gasteiger partial charge in [0.05, 0.1) is 12.7 Å². The van der Waals surface area contributed by atoms with E-state index in [2.05, 4.69) is 42.6 Å². The van der Waals surface area contributed by atoms with Crippen LogP contribution in [0.3, 0.4) is 0 Å². The highest BCUT2D eigenvalue weighted by atomic mass is 16.5. The number of benzene rings is 2. The van der Waals surface area contributed by atoms with E-state index in [1.54, 1.807) is 13.2 Å². The lowest BCUT2D eigenvalue weighted by Gasteiger charge is -2.09. The van der Waals surface area contributed by atoms with E-state index in [0.717, 1.165) is 24.1 Å². The second-order valence-electron chi connectivity index (χ2n) is 4.95. The Kier molecular flexibility index (Phi) is 5.22. The molecule has 0 aliphatic carbocycles. The van der Waals surface area contributed by atoms with Crippen LogP contribution >= 0.6 is 0 Å². The molecule has 0 atom stereocenters. The summed E-state index contributed by atoms with van der Waals surface area (Å²) in [4.78, 5) is 0. The first-order valence-electron chi connectivity index (χ1n) is 7.16. The fourth-order valence-electron chi connectivity index (χ4n) is 2.22. The molecule has 0 radical (unpaired) electrons. The Bertz CT molecular complexity index is 627. The summed E-state index contributed by atoms with van der Waals surface area (Å²) in [7, 11) is 1.58. The Hall–Kier alpha value is -2.47. The summed E-state index contributed by atoms with van der Waals surface area (Å²) >= 11 is 0. The lowest BCUT2D eigenvalue weighted by molar-refractivity contribution is 0.413. The first-order chi connectivity index (χ1) is 10.3. The first-order valence-corrected chi connectivity index (χ1v) is 7.16. The van der Waals surface area contributed by atoms with Crippen molar-refractivity contribution in [3.05, 3.63) is 59.2 Å². The number of ether oxygens (including phenoxy) is 1. The fraction of sp³-hybridized carbons (Fsp3) is 0.278. The van der Waals surface area contributed by atoms with Crippen LogP contribution in [0.15, 0.2) is 42.5 Å². The quantitative estimate of drug-likeness (QED) is 0.865. The van der Waals surface area contributed by atoms with Crippen molar-refractivity contribution >= 4 is 5.69 Å². The van der Waals surface area contributed by atoms with E-state index in [-0.39, 0.29) is 0 Å². The highest BCUT2D eigenvalue weighted by molar-refractivity contribution is 5.48. The van der Waals surface area contributed by atoms with Crippen molar-refractivity contribution in [1.29, 1.82) is 5.26 Å². The van der Waals surface area contributed by atoms with Gasteiger partial charge in [-0.25, -0.2) is 0 Å². The van der Waals surface area contributed by atoms with Gasteiger partial charge in [-0.2, -0.15) is 5.26 Å². The third kappa shape index (κ3) is 4.00. The number of nitriles is 1. The molecule has 108 valence electrons. The topological polar surface area (TPSA) is 45.0 Å². The van der Waals surface area contributed by atoms with Crippen molar-refractivity contribution in [1.82, 2.24) is 0 Å². The van der Waals surface area contributed by atoms with E-state index in [4.69, 9.17) is 10.00 Å². The number of aryl methyl sites for hydroxylation is 1. The minimum Gasteiger partial charge on any atom is -0.495 e. The molecular weight excluding hydrogens is 260 g/mol. The van der Waals surface area contributed by atoms with Crippen molar-refractivity contribution in [2.75, 3.05) is 12.4 Å². The van der Waals surface area contributed by atoms with Crippen molar-refractivity contribution in [2.45, 2.75) is 26.3 Å². The Morgan fingerprint density at radius 3 is 2.43 bits per heavy atom. The normalized spacial score (nSPS) is 9.95. The predicted molar refractivity (Wildman–Crippen MR) is 85.5 cm³/mol. The smallest absolute Gasteiger partial charge is 0.136 e. The van der Waals surface area contributed by atoms with Crippen LogP contribution in [0, 0.1) is 11.3 Å². The highest BCUT2D eigenvalue weighted by Crippen LogP contribution is 2.20. The summed E-state index contributed by atoms with van der Waals surface area (Å²) in [5.74, 6) is 0.620. The van der Waals surface area contributed by atoms with E-state index in [9.17, 15) is 0 Å².